The van der Waals surface area contributed by atoms with Gasteiger partial charge in [0.2, 0.25) is 11.8 Å². The number of aromatic nitrogens is 3. The number of hydrogen-bond acceptors (Lipinski definition) is 5. The Morgan fingerprint density at radius 2 is 1.88 bits per heavy atom. The number of carbonyl (C=O) groups is 2. The zero-order valence-corrected chi connectivity index (χ0v) is 18.8. The number of carbonyl (C=O) groups excluding carboxylic acids is 2. The van der Waals surface area contributed by atoms with Crippen LogP contribution >= 0.6 is 0 Å². The molecule has 33 heavy (non-hydrogen) atoms. The van der Waals surface area contributed by atoms with Crippen LogP contribution < -0.4 is 10.1 Å². The van der Waals surface area contributed by atoms with Gasteiger partial charge in [-0.3, -0.25) is 14.7 Å². The van der Waals surface area contributed by atoms with Gasteiger partial charge < -0.3 is 15.0 Å². The molecule has 0 radical (unpaired) electrons. The van der Waals surface area contributed by atoms with Gasteiger partial charge >= 0.3 is 0 Å². The highest BCUT2D eigenvalue weighted by Gasteiger charge is 2.47. The van der Waals surface area contributed by atoms with Crippen LogP contribution in [0.25, 0.3) is 11.0 Å². The van der Waals surface area contributed by atoms with Crippen LogP contribution in [-0.4, -0.2) is 51.6 Å². The van der Waals surface area contributed by atoms with E-state index in [1.54, 1.807) is 24.3 Å². The third kappa shape index (κ3) is 3.94. The molecule has 2 fully saturated rings. The Kier molecular flexibility index (Phi) is 5.74. The van der Waals surface area contributed by atoms with Gasteiger partial charge in [0.25, 0.3) is 0 Å². The van der Waals surface area contributed by atoms with Gasteiger partial charge in [-0.05, 0) is 55.5 Å². The summed E-state index contributed by atoms with van der Waals surface area (Å²) < 4.78 is 5.32. The van der Waals surface area contributed by atoms with Crippen molar-refractivity contribution in [2.24, 2.45) is 0 Å². The summed E-state index contributed by atoms with van der Waals surface area (Å²) in [5, 5.41) is 9.75. The number of hydrogen-bond donors (Lipinski definition) is 2. The summed E-state index contributed by atoms with van der Waals surface area (Å²) in [5.41, 5.74) is 1.93. The number of rotatable bonds is 5. The fourth-order valence-electron chi connectivity index (χ4n) is 5.36. The molecule has 3 heterocycles. The first-order chi connectivity index (χ1) is 16.1. The minimum absolute atomic E-state index is 0.0725. The van der Waals surface area contributed by atoms with E-state index in [4.69, 9.17) is 4.74 Å². The van der Waals surface area contributed by atoms with Crippen molar-refractivity contribution in [3.8, 4) is 5.75 Å². The summed E-state index contributed by atoms with van der Waals surface area (Å²) in [6.07, 6.45) is 7.87. The van der Waals surface area contributed by atoms with E-state index >= 15 is 0 Å². The number of benzene rings is 1. The van der Waals surface area contributed by atoms with Crippen LogP contribution in [0.3, 0.4) is 0 Å². The zero-order valence-electron chi connectivity index (χ0n) is 18.8. The molecule has 3 aromatic rings. The van der Waals surface area contributed by atoms with Gasteiger partial charge in [0.05, 0.1) is 24.2 Å². The summed E-state index contributed by atoms with van der Waals surface area (Å²) in [7, 11) is 1.64. The number of nitrogens with one attached hydrogen (secondary N) is 2. The normalized spacial score (nSPS) is 20.0. The monoisotopic (exact) mass is 447 g/mol. The van der Waals surface area contributed by atoms with Crippen molar-refractivity contribution in [1.82, 2.24) is 20.1 Å². The van der Waals surface area contributed by atoms with E-state index in [2.05, 4.69) is 20.5 Å². The van der Waals surface area contributed by atoms with Gasteiger partial charge in [-0.2, -0.15) is 5.10 Å². The van der Waals surface area contributed by atoms with Crippen LogP contribution in [0.1, 0.15) is 50.5 Å². The lowest BCUT2D eigenvalue weighted by Gasteiger charge is -2.40. The highest BCUT2D eigenvalue weighted by molar-refractivity contribution is 5.99. The van der Waals surface area contributed by atoms with E-state index in [-0.39, 0.29) is 11.8 Å². The van der Waals surface area contributed by atoms with Crippen LogP contribution in [0.2, 0.25) is 0 Å². The van der Waals surface area contributed by atoms with Gasteiger partial charge in [0.15, 0.2) is 0 Å². The Hall–Kier alpha value is -3.42. The first-order valence-electron chi connectivity index (χ1n) is 11.7. The maximum atomic E-state index is 14.1. The standard InChI is InChI=1S/C25H29N5O3/c1-33-18-9-7-17(8-10-18)25(13-3-2-4-14-25)24(32)30-15-5-6-21(30)23(31)28-22-12-11-19-20(27-22)16-26-29-19/h7-12,16,21H,2-6,13-15H2,1H3,(H,26,29)(H,27,28,31)/t21-/m1/s1. The highest BCUT2D eigenvalue weighted by Crippen LogP contribution is 2.43. The molecule has 8 nitrogen and oxygen atoms in total. The van der Waals surface area contributed by atoms with Crippen LogP contribution in [0.4, 0.5) is 5.82 Å². The minimum Gasteiger partial charge on any atom is -0.497 e. The maximum absolute atomic E-state index is 14.1. The van der Waals surface area contributed by atoms with Crippen molar-refractivity contribution < 1.29 is 14.3 Å². The summed E-state index contributed by atoms with van der Waals surface area (Å²) in [6, 6.07) is 11.0. The number of nitrogens with zero attached hydrogens (tertiary/aromatic N) is 3. The lowest BCUT2D eigenvalue weighted by molar-refractivity contribution is -0.143. The molecule has 2 aromatic heterocycles. The topological polar surface area (TPSA) is 100 Å². The Labute approximate surface area is 192 Å². The summed E-state index contributed by atoms with van der Waals surface area (Å²) >= 11 is 0. The first kappa shape index (κ1) is 21.4. The Morgan fingerprint density at radius 1 is 1.09 bits per heavy atom. The molecule has 1 aliphatic carbocycles. The predicted molar refractivity (Wildman–Crippen MR) is 125 cm³/mol. The van der Waals surface area contributed by atoms with Crippen molar-refractivity contribution in [2.45, 2.75) is 56.4 Å². The fourth-order valence-corrected chi connectivity index (χ4v) is 5.36. The van der Waals surface area contributed by atoms with E-state index in [9.17, 15) is 9.59 Å². The molecule has 1 saturated heterocycles. The summed E-state index contributed by atoms with van der Waals surface area (Å²) in [6.45, 7) is 0.600. The van der Waals surface area contributed by atoms with Crippen molar-refractivity contribution in [3.63, 3.8) is 0 Å². The number of methoxy groups -OCH3 is 1. The molecule has 172 valence electrons. The van der Waals surface area contributed by atoms with Crippen molar-refractivity contribution in [3.05, 3.63) is 48.2 Å². The van der Waals surface area contributed by atoms with Crippen molar-refractivity contribution >= 4 is 28.7 Å². The second-order valence-corrected chi connectivity index (χ2v) is 9.02. The molecular formula is C25H29N5O3. The smallest absolute Gasteiger partial charge is 0.248 e. The molecule has 2 N–H and O–H groups in total. The Bertz CT molecular complexity index is 1150. The fraction of sp³-hybridized carbons (Fsp3) is 0.440. The number of likely N-dealkylation sites (tertiary alicyclic amines) is 1. The van der Waals surface area contributed by atoms with Crippen LogP contribution in [-0.2, 0) is 15.0 Å². The third-order valence-electron chi connectivity index (χ3n) is 7.12. The summed E-state index contributed by atoms with van der Waals surface area (Å²) in [5.74, 6) is 1.13. The molecule has 2 amide bonds. The van der Waals surface area contributed by atoms with Gasteiger partial charge in [0, 0.05) is 6.54 Å². The Morgan fingerprint density at radius 3 is 2.64 bits per heavy atom. The number of pyridine rings is 1. The molecular weight excluding hydrogens is 418 g/mol. The van der Waals surface area contributed by atoms with E-state index in [1.807, 2.05) is 30.3 Å². The van der Waals surface area contributed by atoms with E-state index in [1.165, 1.54) is 0 Å². The van der Waals surface area contributed by atoms with Gasteiger partial charge in [-0.15, -0.1) is 0 Å². The average molecular weight is 448 g/mol. The lowest BCUT2D eigenvalue weighted by Crippen LogP contribution is -2.52. The molecule has 1 aliphatic heterocycles. The van der Waals surface area contributed by atoms with E-state index < -0.39 is 11.5 Å². The minimum atomic E-state index is -0.582. The molecule has 8 heteroatoms. The first-order valence-corrected chi connectivity index (χ1v) is 11.7. The van der Waals surface area contributed by atoms with Crippen LogP contribution in [0.15, 0.2) is 42.6 Å². The lowest BCUT2D eigenvalue weighted by atomic mass is 9.68. The zero-order chi connectivity index (χ0) is 22.8. The number of aromatic amines is 1. The number of H-pyrrole nitrogens is 1. The third-order valence-corrected chi connectivity index (χ3v) is 7.12. The molecule has 0 spiro atoms. The SMILES string of the molecule is COc1ccc(C2(C(=O)N3CCC[C@@H]3C(=O)Nc3ccc4[nH]ncc4n3)CCCCC2)cc1. The number of fused-ring (bicyclic) bond motifs is 1. The van der Waals surface area contributed by atoms with Crippen LogP contribution in [0.5, 0.6) is 5.75 Å². The molecule has 0 unspecified atom stereocenters. The number of ether oxygens (including phenoxy) is 1. The van der Waals surface area contributed by atoms with Crippen LogP contribution in [0, 0.1) is 0 Å². The maximum Gasteiger partial charge on any atom is 0.248 e. The largest absolute Gasteiger partial charge is 0.497 e. The van der Waals surface area contributed by atoms with Crippen molar-refractivity contribution in [1.29, 1.82) is 0 Å². The predicted octanol–water partition coefficient (Wildman–Crippen LogP) is 3.80. The number of anilines is 1. The molecule has 1 saturated carbocycles. The molecule has 1 atom stereocenters. The molecule has 2 aliphatic rings. The van der Waals surface area contributed by atoms with Gasteiger partial charge in [0.1, 0.15) is 23.1 Å². The van der Waals surface area contributed by atoms with Gasteiger partial charge in [-0.1, -0.05) is 31.4 Å². The number of amides is 2. The quantitative estimate of drug-likeness (QED) is 0.620. The molecule has 5 rings (SSSR count). The average Bonchev–Trinajstić information content (AvgIpc) is 3.53. The molecule has 0 bridgehead atoms. The van der Waals surface area contributed by atoms with E-state index in [0.29, 0.717) is 24.3 Å². The van der Waals surface area contributed by atoms with E-state index in [0.717, 1.165) is 55.4 Å². The summed E-state index contributed by atoms with van der Waals surface area (Å²) in [4.78, 5) is 33.5. The molecule has 1 aromatic carbocycles. The highest BCUT2D eigenvalue weighted by atomic mass is 16.5. The van der Waals surface area contributed by atoms with Crippen molar-refractivity contribution in [2.75, 3.05) is 19.0 Å². The second kappa shape index (κ2) is 8.84. The Balaban J connectivity index is 1.39. The van der Waals surface area contributed by atoms with Gasteiger partial charge in [-0.25, -0.2) is 4.98 Å². The second-order valence-electron chi connectivity index (χ2n) is 9.02.